The average Bonchev–Trinajstić information content (AvgIpc) is 2.68. The molecule has 0 radical (unpaired) electrons. The van der Waals surface area contributed by atoms with Gasteiger partial charge in [0.25, 0.3) is 5.91 Å². The molecule has 30 heavy (non-hydrogen) atoms. The molecule has 1 saturated heterocycles. The molecule has 2 aromatic rings. The van der Waals surface area contributed by atoms with Crippen molar-refractivity contribution in [2.24, 2.45) is 0 Å². The summed E-state index contributed by atoms with van der Waals surface area (Å²) in [6, 6.07) is 2.89. The summed E-state index contributed by atoms with van der Waals surface area (Å²) < 4.78 is 80.7. The largest absolute Gasteiger partial charge is 0.393 e. The van der Waals surface area contributed by atoms with Crippen LogP contribution in [0.15, 0.2) is 33.6 Å². The number of nitrogens with one attached hydrogen (secondary N) is 1. The number of nitrogens with zero attached hydrogens (tertiary/aromatic N) is 1. The Bertz CT molecular complexity index is 1080. The number of aliphatic hydroxyl groups excluding tert-OH is 1. The van der Waals surface area contributed by atoms with E-state index in [9.17, 15) is 35.9 Å². The van der Waals surface area contributed by atoms with Crippen molar-refractivity contribution in [1.29, 1.82) is 0 Å². The van der Waals surface area contributed by atoms with Crippen molar-refractivity contribution in [1.82, 2.24) is 4.31 Å². The number of rotatable bonds is 4. The van der Waals surface area contributed by atoms with Crippen LogP contribution in [0.25, 0.3) is 0 Å². The number of aliphatic hydroxyl groups is 1. The number of halogens is 5. The van der Waals surface area contributed by atoms with Gasteiger partial charge >= 0.3 is 0 Å². The molecule has 1 fully saturated rings. The summed E-state index contributed by atoms with van der Waals surface area (Å²) in [6.07, 6.45) is -0.282. The SMILES string of the molecule is O=C(Nc1cc(F)c(F)c(F)c1)c1cc(Br)c(F)c(S(=O)(=O)N2CCC(O)CC2)c1. The van der Waals surface area contributed by atoms with Crippen LogP contribution in [-0.4, -0.2) is 42.9 Å². The van der Waals surface area contributed by atoms with Crippen molar-refractivity contribution in [2.75, 3.05) is 18.4 Å². The Morgan fingerprint density at radius 1 is 1.03 bits per heavy atom. The highest BCUT2D eigenvalue weighted by molar-refractivity contribution is 9.10. The predicted octanol–water partition coefficient (Wildman–Crippen LogP) is 3.40. The molecule has 0 atom stereocenters. The molecule has 3 rings (SSSR count). The molecule has 0 unspecified atom stereocenters. The van der Waals surface area contributed by atoms with Crippen LogP contribution in [0.5, 0.6) is 0 Å². The van der Waals surface area contributed by atoms with Crippen molar-refractivity contribution >= 4 is 37.5 Å². The summed E-state index contributed by atoms with van der Waals surface area (Å²) >= 11 is 2.86. The minimum Gasteiger partial charge on any atom is -0.393 e. The molecule has 0 saturated carbocycles. The summed E-state index contributed by atoms with van der Waals surface area (Å²) in [4.78, 5) is 11.7. The average molecular weight is 511 g/mol. The lowest BCUT2D eigenvalue weighted by Gasteiger charge is -2.29. The smallest absolute Gasteiger partial charge is 0.255 e. The third-order valence-corrected chi connectivity index (χ3v) is 7.01. The Morgan fingerprint density at radius 3 is 2.17 bits per heavy atom. The number of carbonyl (C=O) groups is 1. The summed E-state index contributed by atoms with van der Waals surface area (Å²) in [5, 5.41) is 11.6. The van der Waals surface area contributed by atoms with E-state index in [-0.39, 0.29) is 36.0 Å². The summed E-state index contributed by atoms with van der Waals surface area (Å²) in [6.45, 7) is -0.0454. The first-order valence-electron chi connectivity index (χ1n) is 8.64. The van der Waals surface area contributed by atoms with Gasteiger partial charge in [-0.15, -0.1) is 0 Å². The van der Waals surface area contributed by atoms with E-state index in [0.717, 1.165) is 16.4 Å². The van der Waals surface area contributed by atoms with Crippen LogP contribution in [-0.2, 0) is 10.0 Å². The molecule has 162 valence electrons. The van der Waals surface area contributed by atoms with Crippen LogP contribution in [0.3, 0.4) is 0 Å². The van der Waals surface area contributed by atoms with E-state index in [1.54, 1.807) is 0 Å². The van der Waals surface area contributed by atoms with Crippen LogP contribution in [0.4, 0.5) is 23.2 Å². The van der Waals surface area contributed by atoms with Gasteiger partial charge < -0.3 is 10.4 Å². The van der Waals surface area contributed by atoms with Gasteiger partial charge in [-0.1, -0.05) is 0 Å². The first kappa shape index (κ1) is 22.7. The number of piperidine rings is 1. The number of anilines is 1. The Hall–Kier alpha value is -2.02. The molecule has 0 aliphatic carbocycles. The number of hydrogen-bond donors (Lipinski definition) is 2. The van der Waals surface area contributed by atoms with Crippen LogP contribution in [0.1, 0.15) is 23.2 Å². The lowest BCUT2D eigenvalue weighted by atomic mass is 10.1. The minimum atomic E-state index is -4.32. The zero-order valence-corrected chi connectivity index (χ0v) is 17.5. The van der Waals surface area contributed by atoms with E-state index in [0.29, 0.717) is 12.1 Å². The molecule has 12 heteroatoms. The number of benzene rings is 2. The number of carbonyl (C=O) groups excluding carboxylic acids is 1. The van der Waals surface area contributed by atoms with Crippen molar-refractivity contribution in [3.8, 4) is 0 Å². The fourth-order valence-electron chi connectivity index (χ4n) is 2.94. The van der Waals surface area contributed by atoms with Crippen LogP contribution >= 0.6 is 15.9 Å². The first-order chi connectivity index (χ1) is 14.0. The molecule has 1 amide bonds. The topological polar surface area (TPSA) is 86.7 Å². The second-order valence-corrected chi connectivity index (χ2v) is 9.37. The molecule has 1 aliphatic rings. The van der Waals surface area contributed by atoms with E-state index < -0.39 is 55.9 Å². The monoisotopic (exact) mass is 510 g/mol. The second kappa shape index (κ2) is 8.61. The summed E-state index contributed by atoms with van der Waals surface area (Å²) in [5.41, 5.74) is -0.727. The van der Waals surface area contributed by atoms with Gasteiger partial charge in [0.05, 0.1) is 10.6 Å². The van der Waals surface area contributed by atoms with Gasteiger partial charge in [0.1, 0.15) is 4.90 Å². The van der Waals surface area contributed by atoms with Crippen molar-refractivity contribution in [3.05, 3.63) is 57.6 Å². The first-order valence-corrected chi connectivity index (χ1v) is 10.9. The lowest BCUT2D eigenvalue weighted by Crippen LogP contribution is -2.40. The number of hydrogen-bond acceptors (Lipinski definition) is 4. The van der Waals surface area contributed by atoms with E-state index in [1.807, 2.05) is 0 Å². The maximum atomic E-state index is 14.6. The predicted molar refractivity (Wildman–Crippen MR) is 102 cm³/mol. The maximum Gasteiger partial charge on any atom is 0.255 e. The quantitative estimate of drug-likeness (QED) is 0.487. The van der Waals surface area contributed by atoms with Crippen LogP contribution in [0, 0.1) is 23.3 Å². The molecule has 1 aliphatic heterocycles. The number of amides is 1. The maximum absolute atomic E-state index is 14.6. The Labute approximate surface area is 177 Å². The van der Waals surface area contributed by atoms with Gasteiger partial charge in [-0.25, -0.2) is 26.0 Å². The highest BCUT2D eigenvalue weighted by atomic mass is 79.9. The molecule has 0 bridgehead atoms. The van der Waals surface area contributed by atoms with Gasteiger partial charge in [-0.2, -0.15) is 4.31 Å². The van der Waals surface area contributed by atoms with Crippen LogP contribution in [0.2, 0.25) is 0 Å². The van der Waals surface area contributed by atoms with E-state index in [1.165, 1.54) is 0 Å². The van der Waals surface area contributed by atoms with Gasteiger partial charge in [0.2, 0.25) is 10.0 Å². The summed E-state index contributed by atoms with van der Waals surface area (Å²) in [5.74, 6) is -6.87. The van der Waals surface area contributed by atoms with E-state index >= 15 is 0 Å². The van der Waals surface area contributed by atoms with Gasteiger partial charge in [-0.3, -0.25) is 4.79 Å². The fourth-order valence-corrected chi connectivity index (χ4v) is 5.11. The molecular formula is C18H15BrF4N2O4S. The van der Waals surface area contributed by atoms with Crippen molar-refractivity contribution in [3.63, 3.8) is 0 Å². The Morgan fingerprint density at radius 2 is 1.60 bits per heavy atom. The van der Waals surface area contributed by atoms with Crippen molar-refractivity contribution < 1.29 is 35.9 Å². The number of sulfonamides is 1. The molecule has 6 nitrogen and oxygen atoms in total. The normalized spacial score (nSPS) is 15.9. The fraction of sp³-hybridized carbons (Fsp3) is 0.278. The van der Waals surface area contributed by atoms with Crippen molar-refractivity contribution in [2.45, 2.75) is 23.8 Å². The Kier molecular flexibility index (Phi) is 6.51. The van der Waals surface area contributed by atoms with Gasteiger partial charge in [0.15, 0.2) is 23.3 Å². The third kappa shape index (κ3) is 4.51. The minimum absolute atomic E-state index is 0.0227. The van der Waals surface area contributed by atoms with Crippen LogP contribution < -0.4 is 5.32 Å². The third-order valence-electron chi connectivity index (χ3n) is 4.54. The second-order valence-electron chi connectivity index (χ2n) is 6.61. The van der Waals surface area contributed by atoms with Gasteiger partial charge in [0, 0.05) is 36.5 Å². The Balaban J connectivity index is 1.94. The van der Waals surface area contributed by atoms with E-state index in [4.69, 9.17) is 0 Å². The summed E-state index contributed by atoms with van der Waals surface area (Å²) in [7, 11) is -4.32. The molecular weight excluding hydrogens is 496 g/mol. The van der Waals surface area contributed by atoms with E-state index in [2.05, 4.69) is 21.2 Å². The molecule has 0 spiro atoms. The lowest BCUT2D eigenvalue weighted by molar-refractivity contribution is 0.102. The highest BCUT2D eigenvalue weighted by Crippen LogP contribution is 2.29. The molecule has 2 N–H and O–H groups in total. The molecule has 0 aromatic heterocycles. The zero-order valence-electron chi connectivity index (χ0n) is 15.1. The standard InChI is InChI=1S/C18H15BrF4N2O4S/c19-12-5-9(18(27)24-10-7-13(20)17(23)14(21)8-10)6-15(16(12)22)30(28,29)25-3-1-11(26)2-4-25/h5-8,11,26H,1-4H2,(H,24,27). The van der Waals surface area contributed by atoms with Gasteiger partial charge in [-0.05, 0) is 40.9 Å². The highest BCUT2D eigenvalue weighted by Gasteiger charge is 2.32. The molecule has 2 aromatic carbocycles. The molecule has 1 heterocycles. The zero-order chi connectivity index (χ0) is 22.2.